The summed E-state index contributed by atoms with van der Waals surface area (Å²) in [6, 6.07) is 6.28. The average molecular weight is 397 g/mol. The number of nitrogens with zero attached hydrogens (tertiary/aromatic N) is 2. The third-order valence-corrected chi connectivity index (χ3v) is 6.67. The van der Waals surface area contributed by atoms with Gasteiger partial charge in [0.2, 0.25) is 10.0 Å². The SMILES string of the molecule is Cc1ccc(S(=O)(=O)N2CCC(NC(=O)N(C)CC(C)C(=O)O)CC2)cc1. The summed E-state index contributed by atoms with van der Waals surface area (Å²) < 4.78 is 26.8. The van der Waals surface area contributed by atoms with Crippen molar-refractivity contribution in [1.82, 2.24) is 14.5 Å². The Morgan fingerprint density at radius 1 is 1.26 bits per heavy atom. The topological polar surface area (TPSA) is 107 Å². The van der Waals surface area contributed by atoms with Crippen LogP contribution in [0.25, 0.3) is 0 Å². The minimum Gasteiger partial charge on any atom is -0.481 e. The molecule has 0 aliphatic carbocycles. The molecule has 2 N–H and O–H groups in total. The molecule has 2 rings (SSSR count). The van der Waals surface area contributed by atoms with Crippen LogP contribution >= 0.6 is 0 Å². The average Bonchev–Trinajstić information content (AvgIpc) is 2.62. The van der Waals surface area contributed by atoms with Crippen molar-refractivity contribution in [3.63, 3.8) is 0 Å². The Morgan fingerprint density at radius 3 is 2.33 bits per heavy atom. The number of carbonyl (C=O) groups excluding carboxylic acids is 1. The highest BCUT2D eigenvalue weighted by molar-refractivity contribution is 7.89. The summed E-state index contributed by atoms with van der Waals surface area (Å²) in [5, 5.41) is 11.8. The molecular weight excluding hydrogens is 370 g/mol. The van der Waals surface area contributed by atoms with Gasteiger partial charge in [-0.05, 0) is 31.9 Å². The van der Waals surface area contributed by atoms with E-state index in [-0.39, 0.29) is 23.5 Å². The van der Waals surface area contributed by atoms with Gasteiger partial charge in [-0.1, -0.05) is 24.6 Å². The number of aliphatic carboxylic acids is 1. The predicted octanol–water partition coefficient (Wildman–Crippen LogP) is 1.51. The van der Waals surface area contributed by atoms with E-state index in [2.05, 4.69) is 5.32 Å². The molecule has 0 spiro atoms. The summed E-state index contributed by atoms with van der Waals surface area (Å²) in [6.45, 7) is 4.22. The van der Waals surface area contributed by atoms with E-state index in [1.807, 2.05) is 6.92 Å². The van der Waals surface area contributed by atoms with Gasteiger partial charge in [-0.2, -0.15) is 4.31 Å². The number of urea groups is 1. The third kappa shape index (κ3) is 5.43. The summed E-state index contributed by atoms with van der Waals surface area (Å²) in [5.74, 6) is -1.61. The van der Waals surface area contributed by atoms with Gasteiger partial charge in [-0.25, -0.2) is 13.2 Å². The second-order valence-corrected chi connectivity index (χ2v) is 9.00. The van der Waals surface area contributed by atoms with Crippen LogP contribution < -0.4 is 5.32 Å². The summed E-state index contributed by atoms with van der Waals surface area (Å²) in [4.78, 5) is 24.7. The maximum absolute atomic E-state index is 12.7. The zero-order chi connectivity index (χ0) is 20.2. The number of hydrogen-bond donors (Lipinski definition) is 2. The fourth-order valence-electron chi connectivity index (χ4n) is 2.96. The lowest BCUT2D eigenvalue weighted by molar-refractivity contribution is -0.141. The van der Waals surface area contributed by atoms with Crippen LogP contribution in [0.2, 0.25) is 0 Å². The van der Waals surface area contributed by atoms with Crippen LogP contribution in [0.3, 0.4) is 0 Å². The number of carboxylic acids is 1. The first-order chi connectivity index (χ1) is 12.6. The minimum atomic E-state index is -3.53. The highest BCUT2D eigenvalue weighted by Crippen LogP contribution is 2.21. The normalized spacial score (nSPS) is 17.3. The number of amides is 2. The van der Waals surface area contributed by atoms with Gasteiger partial charge in [0, 0.05) is 32.7 Å². The molecule has 1 aromatic rings. The first kappa shape index (κ1) is 21.2. The lowest BCUT2D eigenvalue weighted by Crippen LogP contribution is -2.50. The molecule has 8 nitrogen and oxygen atoms in total. The maximum atomic E-state index is 12.7. The Labute approximate surface area is 160 Å². The monoisotopic (exact) mass is 397 g/mol. The third-order valence-electron chi connectivity index (χ3n) is 4.76. The van der Waals surface area contributed by atoms with Gasteiger partial charge in [0.1, 0.15) is 0 Å². The summed E-state index contributed by atoms with van der Waals surface area (Å²) in [5.41, 5.74) is 0.997. The Hall–Kier alpha value is -2.13. The highest BCUT2D eigenvalue weighted by atomic mass is 32.2. The van der Waals surface area contributed by atoms with Crippen LogP contribution in [0.4, 0.5) is 4.79 Å². The molecule has 1 atom stereocenters. The zero-order valence-electron chi connectivity index (χ0n) is 15.9. The van der Waals surface area contributed by atoms with Gasteiger partial charge in [-0.15, -0.1) is 0 Å². The second-order valence-electron chi connectivity index (χ2n) is 7.06. The Morgan fingerprint density at radius 2 is 1.81 bits per heavy atom. The van der Waals surface area contributed by atoms with E-state index in [1.165, 1.54) is 9.21 Å². The van der Waals surface area contributed by atoms with Crippen LogP contribution in [0, 0.1) is 12.8 Å². The fourth-order valence-corrected chi connectivity index (χ4v) is 4.43. The summed E-state index contributed by atoms with van der Waals surface area (Å²) >= 11 is 0. The van der Waals surface area contributed by atoms with Crippen LogP contribution in [0.1, 0.15) is 25.3 Å². The first-order valence-corrected chi connectivity index (χ1v) is 10.4. The number of sulfonamides is 1. The van der Waals surface area contributed by atoms with Gasteiger partial charge in [0.15, 0.2) is 0 Å². The predicted molar refractivity (Wildman–Crippen MR) is 101 cm³/mol. The highest BCUT2D eigenvalue weighted by Gasteiger charge is 2.30. The van der Waals surface area contributed by atoms with Crippen molar-refractivity contribution < 1.29 is 23.1 Å². The quantitative estimate of drug-likeness (QED) is 0.757. The number of hydrogen-bond acceptors (Lipinski definition) is 4. The van der Waals surface area contributed by atoms with Gasteiger partial charge < -0.3 is 15.3 Å². The van der Waals surface area contributed by atoms with Crippen molar-refractivity contribution in [3.05, 3.63) is 29.8 Å². The second kappa shape index (κ2) is 8.71. The van der Waals surface area contributed by atoms with Crippen molar-refractivity contribution >= 4 is 22.0 Å². The van der Waals surface area contributed by atoms with Gasteiger partial charge in [0.05, 0.1) is 10.8 Å². The molecule has 1 heterocycles. The molecular formula is C18H27N3O5S. The van der Waals surface area contributed by atoms with E-state index in [4.69, 9.17) is 5.11 Å². The van der Waals surface area contributed by atoms with Crippen LogP contribution in [-0.4, -0.2) is 67.5 Å². The molecule has 9 heteroatoms. The molecule has 27 heavy (non-hydrogen) atoms. The van der Waals surface area contributed by atoms with Crippen LogP contribution in [0.15, 0.2) is 29.2 Å². The van der Waals surface area contributed by atoms with Gasteiger partial charge in [0.25, 0.3) is 0 Å². The number of carbonyl (C=O) groups is 2. The molecule has 1 fully saturated rings. The first-order valence-electron chi connectivity index (χ1n) is 8.92. The number of carboxylic acid groups (broad SMARTS) is 1. The van der Waals surface area contributed by atoms with E-state index < -0.39 is 21.9 Å². The molecule has 1 saturated heterocycles. The van der Waals surface area contributed by atoms with Crippen molar-refractivity contribution in [2.75, 3.05) is 26.7 Å². The van der Waals surface area contributed by atoms with Crippen molar-refractivity contribution in [3.8, 4) is 0 Å². The van der Waals surface area contributed by atoms with E-state index in [0.29, 0.717) is 25.9 Å². The lowest BCUT2D eigenvalue weighted by Gasteiger charge is -2.32. The van der Waals surface area contributed by atoms with Crippen LogP contribution in [0.5, 0.6) is 0 Å². The smallest absolute Gasteiger partial charge is 0.317 e. The Balaban J connectivity index is 1.88. The summed E-state index contributed by atoms with van der Waals surface area (Å²) in [6.07, 6.45) is 1.03. The molecule has 1 aliphatic heterocycles. The van der Waals surface area contributed by atoms with E-state index in [1.54, 1.807) is 38.2 Å². The van der Waals surface area contributed by atoms with Crippen LogP contribution in [-0.2, 0) is 14.8 Å². The molecule has 1 unspecified atom stereocenters. The van der Waals surface area contributed by atoms with Gasteiger partial charge >= 0.3 is 12.0 Å². The van der Waals surface area contributed by atoms with Crippen molar-refractivity contribution in [1.29, 1.82) is 0 Å². The van der Waals surface area contributed by atoms with Gasteiger partial charge in [-0.3, -0.25) is 4.79 Å². The minimum absolute atomic E-state index is 0.113. The Kier molecular flexibility index (Phi) is 6.83. The van der Waals surface area contributed by atoms with E-state index in [0.717, 1.165) is 5.56 Å². The molecule has 2 amide bonds. The fraction of sp³-hybridized carbons (Fsp3) is 0.556. The van der Waals surface area contributed by atoms with Crippen molar-refractivity contribution in [2.24, 2.45) is 5.92 Å². The van der Waals surface area contributed by atoms with E-state index >= 15 is 0 Å². The van der Waals surface area contributed by atoms with E-state index in [9.17, 15) is 18.0 Å². The molecule has 0 radical (unpaired) electrons. The zero-order valence-corrected chi connectivity index (χ0v) is 16.7. The number of aryl methyl sites for hydroxylation is 1. The molecule has 1 aromatic carbocycles. The standard InChI is InChI=1S/C18H27N3O5S/c1-13-4-6-16(7-5-13)27(25,26)21-10-8-15(9-11-21)19-18(24)20(3)12-14(2)17(22)23/h4-7,14-15H,8-12H2,1-3H3,(H,19,24)(H,22,23). The summed E-state index contributed by atoms with van der Waals surface area (Å²) in [7, 11) is -1.98. The van der Waals surface area contributed by atoms with Crippen molar-refractivity contribution in [2.45, 2.75) is 37.6 Å². The molecule has 0 bridgehead atoms. The number of nitrogens with one attached hydrogen (secondary N) is 1. The largest absolute Gasteiger partial charge is 0.481 e. The number of benzene rings is 1. The molecule has 0 aromatic heterocycles. The number of rotatable bonds is 6. The molecule has 0 saturated carbocycles. The lowest BCUT2D eigenvalue weighted by atomic mass is 10.1. The molecule has 1 aliphatic rings. The molecule has 150 valence electrons. The Bertz CT molecular complexity index is 771. The number of piperidine rings is 1. The maximum Gasteiger partial charge on any atom is 0.317 e.